The highest BCUT2D eigenvalue weighted by Crippen LogP contribution is 2.72. The Labute approximate surface area is 223 Å². The Morgan fingerprint density at radius 2 is 2.00 bits per heavy atom. The molecule has 2 heterocycles. The number of epoxide rings is 1. The van der Waals surface area contributed by atoms with E-state index in [1.165, 1.54) is 42.9 Å². The first-order valence-electron chi connectivity index (χ1n) is 13.3. The van der Waals surface area contributed by atoms with Crippen LogP contribution in [0.15, 0.2) is 47.6 Å². The smallest absolute Gasteiger partial charge is 0.331 e. The van der Waals surface area contributed by atoms with Gasteiger partial charge in [-0.25, -0.2) is 9.59 Å². The van der Waals surface area contributed by atoms with E-state index in [9.17, 15) is 19.8 Å². The molecule has 4 aliphatic rings. The summed E-state index contributed by atoms with van der Waals surface area (Å²) in [6, 6.07) is 0. The molecule has 3 fully saturated rings. The van der Waals surface area contributed by atoms with Crippen LogP contribution in [0.1, 0.15) is 53.4 Å². The maximum Gasteiger partial charge on any atom is 0.331 e. The average molecular weight is 533 g/mol. The van der Waals surface area contributed by atoms with E-state index < -0.39 is 46.7 Å². The topological polar surface area (TPSA) is 135 Å². The molecule has 4 rings (SSSR count). The highest BCUT2D eigenvalue weighted by molar-refractivity contribution is 5.83. The lowest BCUT2D eigenvalue weighted by atomic mass is 9.51. The predicted molar refractivity (Wildman–Crippen MR) is 138 cm³/mol. The van der Waals surface area contributed by atoms with E-state index in [1.807, 2.05) is 0 Å². The summed E-state index contributed by atoms with van der Waals surface area (Å²) in [6.45, 7) is 7.90. The molecule has 0 aromatic carbocycles. The van der Waals surface area contributed by atoms with E-state index in [4.69, 9.17) is 24.1 Å². The van der Waals surface area contributed by atoms with E-state index >= 15 is 0 Å². The summed E-state index contributed by atoms with van der Waals surface area (Å²) >= 11 is 0. The van der Waals surface area contributed by atoms with Crippen LogP contribution < -0.4 is 0 Å². The van der Waals surface area contributed by atoms with Gasteiger partial charge in [-0.3, -0.25) is 0 Å². The van der Waals surface area contributed by atoms with Crippen molar-refractivity contribution in [2.75, 3.05) is 19.8 Å². The number of allylic oxidation sites excluding steroid dienone is 3. The summed E-state index contributed by atoms with van der Waals surface area (Å²) in [6.07, 6.45) is 8.43. The van der Waals surface area contributed by atoms with Gasteiger partial charge in [-0.15, -0.1) is 0 Å². The van der Waals surface area contributed by atoms with E-state index in [0.717, 1.165) is 12.0 Å². The molecule has 38 heavy (non-hydrogen) atoms. The summed E-state index contributed by atoms with van der Waals surface area (Å²) in [5, 5.41) is 28.2. The fourth-order valence-corrected chi connectivity index (χ4v) is 6.48. The molecule has 9 nitrogen and oxygen atoms in total. The van der Waals surface area contributed by atoms with Crippen LogP contribution >= 0.6 is 0 Å². The van der Waals surface area contributed by atoms with Gasteiger partial charge in [-0.05, 0) is 40.0 Å². The van der Waals surface area contributed by atoms with Crippen LogP contribution in [0.4, 0.5) is 0 Å². The predicted octanol–water partition coefficient (Wildman–Crippen LogP) is 2.30. The van der Waals surface area contributed by atoms with Gasteiger partial charge in [0.15, 0.2) is 0 Å². The van der Waals surface area contributed by atoms with Gasteiger partial charge in [0.2, 0.25) is 0 Å². The molecule has 9 heteroatoms. The van der Waals surface area contributed by atoms with Crippen LogP contribution in [-0.4, -0.2) is 83.2 Å². The maximum atomic E-state index is 12.8. The van der Waals surface area contributed by atoms with Crippen LogP contribution in [0.2, 0.25) is 0 Å². The minimum atomic E-state index is -1.03. The zero-order chi connectivity index (χ0) is 27.7. The van der Waals surface area contributed by atoms with Crippen molar-refractivity contribution in [3.63, 3.8) is 0 Å². The summed E-state index contributed by atoms with van der Waals surface area (Å²) in [7, 11) is 0. The SMILES string of the molecule is CC1=C[C@H]2O[C@@H]3C[C@@H](OC(=O)/C=C\C=C\[C@@H](O)[C@@H](C)O)[C@](C)([C@@]2(COC(=O)/C=C(\C)CCO)CC1)[C@]31CO1. The molecule has 2 aliphatic heterocycles. The number of ether oxygens (including phenoxy) is 4. The van der Waals surface area contributed by atoms with Gasteiger partial charge in [0.1, 0.15) is 18.3 Å². The number of carbonyl (C=O) groups is 2. The van der Waals surface area contributed by atoms with Gasteiger partial charge in [0, 0.05) is 30.6 Å². The van der Waals surface area contributed by atoms with E-state index in [0.29, 0.717) is 25.9 Å². The Balaban J connectivity index is 1.58. The standard InChI is InChI=1S/C29H40O9/c1-18-9-11-28(16-35-26(34)14-19(2)10-12-30)23(13-18)37-24-15-22(27(28,4)29(24)17-36-29)38-25(33)8-6-5-7-21(32)20(3)31/h5-8,13-14,20-24,30-32H,9-12,15-17H2,1-4H3/b7-5+,8-6-,19-14+/t20-,21-,22-,23-,24-,27-,28-,29+/m1/s1. The normalized spacial score (nSPS) is 37.7. The molecule has 0 radical (unpaired) electrons. The average Bonchev–Trinajstić information content (AvgIpc) is 3.63. The molecule has 1 spiro atoms. The lowest BCUT2D eigenvalue weighted by molar-refractivity contribution is -0.232. The van der Waals surface area contributed by atoms with Gasteiger partial charge < -0.3 is 34.3 Å². The largest absolute Gasteiger partial charge is 0.462 e. The first-order chi connectivity index (χ1) is 18.0. The second-order valence-electron chi connectivity index (χ2n) is 11.3. The highest BCUT2D eigenvalue weighted by atomic mass is 16.6. The zero-order valence-corrected chi connectivity index (χ0v) is 22.6. The van der Waals surface area contributed by atoms with Crippen molar-refractivity contribution in [2.45, 2.75) is 89.5 Å². The van der Waals surface area contributed by atoms with Crippen molar-refractivity contribution >= 4 is 11.9 Å². The van der Waals surface area contributed by atoms with Gasteiger partial charge in [-0.1, -0.05) is 42.4 Å². The number of carbonyl (C=O) groups excluding carboxylic acids is 2. The molecule has 0 amide bonds. The van der Waals surface area contributed by atoms with Gasteiger partial charge in [0.05, 0.1) is 36.4 Å². The molecule has 2 saturated heterocycles. The summed E-state index contributed by atoms with van der Waals surface area (Å²) in [4.78, 5) is 25.5. The van der Waals surface area contributed by atoms with Crippen molar-refractivity contribution in [3.8, 4) is 0 Å². The molecule has 1 saturated carbocycles. The van der Waals surface area contributed by atoms with Gasteiger partial charge >= 0.3 is 11.9 Å². The first-order valence-corrected chi connectivity index (χ1v) is 13.3. The van der Waals surface area contributed by atoms with Crippen molar-refractivity contribution in [1.82, 2.24) is 0 Å². The third-order valence-corrected chi connectivity index (χ3v) is 8.96. The van der Waals surface area contributed by atoms with Gasteiger partial charge in [0.25, 0.3) is 0 Å². The van der Waals surface area contributed by atoms with Crippen molar-refractivity contribution in [3.05, 3.63) is 47.6 Å². The molecule has 0 unspecified atom stereocenters. The lowest BCUT2D eigenvalue weighted by Gasteiger charge is -2.58. The Bertz CT molecular complexity index is 1040. The Morgan fingerprint density at radius 1 is 1.26 bits per heavy atom. The third-order valence-electron chi connectivity index (χ3n) is 8.96. The zero-order valence-electron chi connectivity index (χ0n) is 22.6. The minimum Gasteiger partial charge on any atom is -0.462 e. The van der Waals surface area contributed by atoms with Crippen LogP contribution in [0.3, 0.4) is 0 Å². The highest BCUT2D eigenvalue weighted by Gasteiger charge is 2.83. The number of aliphatic hydroxyl groups is 3. The van der Waals surface area contributed by atoms with E-state index in [1.54, 1.807) is 6.92 Å². The molecule has 8 atom stereocenters. The third kappa shape index (κ3) is 5.02. The molecule has 0 aromatic heterocycles. The van der Waals surface area contributed by atoms with Crippen LogP contribution in [0, 0.1) is 10.8 Å². The summed E-state index contributed by atoms with van der Waals surface area (Å²) < 4.78 is 24.6. The van der Waals surface area contributed by atoms with Crippen LogP contribution in [0.25, 0.3) is 0 Å². The molecule has 0 aromatic rings. The van der Waals surface area contributed by atoms with Gasteiger partial charge in [-0.2, -0.15) is 0 Å². The van der Waals surface area contributed by atoms with Crippen LogP contribution in [0.5, 0.6) is 0 Å². The number of aliphatic hydroxyl groups excluding tert-OH is 3. The number of esters is 2. The number of rotatable bonds is 10. The summed E-state index contributed by atoms with van der Waals surface area (Å²) in [5.74, 6) is -1.02. The Morgan fingerprint density at radius 3 is 2.66 bits per heavy atom. The Hall–Kier alpha value is -2.30. The van der Waals surface area contributed by atoms with E-state index in [2.05, 4.69) is 19.9 Å². The summed E-state index contributed by atoms with van der Waals surface area (Å²) in [5.41, 5.74) is -0.0208. The fraction of sp³-hybridized carbons (Fsp3) is 0.655. The monoisotopic (exact) mass is 532 g/mol. The molecule has 210 valence electrons. The maximum absolute atomic E-state index is 12.8. The second-order valence-corrected chi connectivity index (χ2v) is 11.3. The number of hydrogen-bond acceptors (Lipinski definition) is 9. The number of hydrogen-bond donors (Lipinski definition) is 3. The van der Waals surface area contributed by atoms with Crippen LogP contribution in [-0.2, 0) is 28.5 Å². The Kier molecular flexibility index (Phi) is 8.35. The quantitative estimate of drug-likeness (QED) is 0.127. The molecular formula is C29H40O9. The minimum absolute atomic E-state index is 0.0444. The molecule has 2 aliphatic carbocycles. The second kappa shape index (κ2) is 11.1. The van der Waals surface area contributed by atoms with E-state index in [-0.39, 0.29) is 25.4 Å². The lowest BCUT2D eigenvalue weighted by Crippen LogP contribution is -2.66. The first kappa shape index (κ1) is 28.7. The molecule has 2 bridgehead atoms. The molecular weight excluding hydrogens is 492 g/mol. The van der Waals surface area contributed by atoms with Crippen molar-refractivity contribution < 1.29 is 43.9 Å². The van der Waals surface area contributed by atoms with Crippen molar-refractivity contribution in [2.24, 2.45) is 10.8 Å². The number of fused-ring (bicyclic) bond motifs is 2. The fourth-order valence-electron chi connectivity index (χ4n) is 6.48. The van der Waals surface area contributed by atoms with Crippen molar-refractivity contribution in [1.29, 1.82) is 0 Å². The molecule has 3 N–H and O–H groups in total.